The standard InChI is InChI=1S/C31H33N3O4/c1-20-14-21(2)16-23(15-20)30(36)34(3)28(17-22-10-6-5-7-11-22)29(35)33-27(31(37)38-4)18-24-19-32-26-13-9-8-12-25(24)26/h5-16,19,27-28,32H,17-18H2,1-4H3,(H,33,35)/t27-,28+/m0/s1. The number of aryl methyl sites for hydroxylation is 2. The minimum absolute atomic E-state index is 0.245. The van der Waals surface area contributed by atoms with E-state index in [1.807, 2.05) is 92.8 Å². The third kappa shape index (κ3) is 6.11. The molecule has 0 aliphatic rings. The molecule has 2 amide bonds. The second kappa shape index (κ2) is 11.8. The minimum atomic E-state index is -0.922. The lowest BCUT2D eigenvalue weighted by Crippen LogP contribution is -2.53. The van der Waals surface area contributed by atoms with Crippen LogP contribution in [0.4, 0.5) is 0 Å². The fraction of sp³-hybridized carbons (Fsp3) is 0.258. The molecule has 0 aliphatic heterocycles. The van der Waals surface area contributed by atoms with Gasteiger partial charge in [-0.1, -0.05) is 65.7 Å². The summed E-state index contributed by atoms with van der Waals surface area (Å²) in [7, 11) is 2.92. The van der Waals surface area contributed by atoms with E-state index in [4.69, 9.17) is 4.74 Å². The number of hydrogen-bond acceptors (Lipinski definition) is 4. The zero-order valence-corrected chi connectivity index (χ0v) is 22.2. The first-order valence-electron chi connectivity index (χ1n) is 12.6. The van der Waals surface area contributed by atoms with Crippen LogP contribution in [-0.4, -0.2) is 53.9 Å². The molecule has 1 heterocycles. The Morgan fingerprint density at radius 2 is 1.58 bits per heavy atom. The number of nitrogens with zero attached hydrogens (tertiary/aromatic N) is 1. The van der Waals surface area contributed by atoms with Crippen molar-refractivity contribution in [2.24, 2.45) is 0 Å². The molecule has 4 aromatic rings. The number of amides is 2. The predicted molar refractivity (Wildman–Crippen MR) is 148 cm³/mol. The molecule has 7 heteroatoms. The van der Waals surface area contributed by atoms with Crippen LogP contribution >= 0.6 is 0 Å². The van der Waals surface area contributed by atoms with E-state index in [0.29, 0.717) is 12.0 Å². The molecule has 0 radical (unpaired) electrons. The molecule has 0 saturated carbocycles. The fourth-order valence-corrected chi connectivity index (χ4v) is 4.81. The van der Waals surface area contributed by atoms with Crippen molar-refractivity contribution in [3.63, 3.8) is 0 Å². The van der Waals surface area contributed by atoms with Gasteiger partial charge in [0.25, 0.3) is 5.91 Å². The summed E-state index contributed by atoms with van der Waals surface area (Å²) in [5.41, 5.74) is 5.18. The third-order valence-corrected chi connectivity index (χ3v) is 6.73. The van der Waals surface area contributed by atoms with Crippen LogP contribution in [-0.2, 0) is 27.2 Å². The van der Waals surface area contributed by atoms with Crippen LogP contribution in [0.25, 0.3) is 10.9 Å². The molecule has 0 saturated heterocycles. The topological polar surface area (TPSA) is 91.5 Å². The smallest absolute Gasteiger partial charge is 0.328 e. The number of esters is 1. The maximum atomic E-state index is 13.8. The van der Waals surface area contributed by atoms with E-state index >= 15 is 0 Å². The van der Waals surface area contributed by atoms with Gasteiger partial charge in [-0.25, -0.2) is 4.79 Å². The average molecular weight is 512 g/mol. The number of aromatic amines is 1. The number of benzene rings is 3. The lowest BCUT2D eigenvalue weighted by atomic mass is 10.0. The van der Waals surface area contributed by atoms with E-state index in [2.05, 4.69) is 10.3 Å². The summed E-state index contributed by atoms with van der Waals surface area (Å²) in [6.07, 6.45) is 2.37. The molecule has 0 bridgehead atoms. The van der Waals surface area contributed by atoms with Crippen molar-refractivity contribution in [1.29, 1.82) is 0 Å². The maximum Gasteiger partial charge on any atom is 0.328 e. The Bertz CT molecular complexity index is 1420. The van der Waals surface area contributed by atoms with Crippen LogP contribution in [0, 0.1) is 13.8 Å². The summed E-state index contributed by atoms with van der Waals surface area (Å²) in [6.45, 7) is 3.87. The van der Waals surface area contributed by atoms with Crippen molar-refractivity contribution in [2.45, 2.75) is 38.8 Å². The summed E-state index contributed by atoms with van der Waals surface area (Å²) in [4.78, 5) is 44.7. The van der Waals surface area contributed by atoms with Gasteiger partial charge in [-0.3, -0.25) is 9.59 Å². The Kier molecular flexibility index (Phi) is 8.26. The summed E-state index contributed by atoms with van der Waals surface area (Å²) in [6, 6.07) is 21.2. The molecule has 2 N–H and O–H groups in total. The van der Waals surface area contributed by atoms with Crippen molar-refractivity contribution in [2.75, 3.05) is 14.2 Å². The van der Waals surface area contributed by atoms with Gasteiger partial charge < -0.3 is 19.9 Å². The van der Waals surface area contributed by atoms with Gasteiger partial charge in [0.15, 0.2) is 0 Å². The van der Waals surface area contributed by atoms with Gasteiger partial charge in [-0.2, -0.15) is 0 Å². The number of fused-ring (bicyclic) bond motifs is 1. The number of rotatable bonds is 9. The molecule has 1 aromatic heterocycles. The lowest BCUT2D eigenvalue weighted by Gasteiger charge is -2.29. The van der Waals surface area contributed by atoms with E-state index < -0.39 is 24.0 Å². The molecule has 0 spiro atoms. The number of nitrogens with one attached hydrogen (secondary N) is 2. The number of para-hydroxylation sites is 1. The van der Waals surface area contributed by atoms with Gasteiger partial charge in [0.2, 0.25) is 5.91 Å². The Hall–Kier alpha value is -4.39. The molecule has 0 unspecified atom stereocenters. The van der Waals surface area contributed by atoms with E-state index in [9.17, 15) is 14.4 Å². The van der Waals surface area contributed by atoms with Gasteiger partial charge in [0, 0.05) is 42.6 Å². The molecule has 7 nitrogen and oxygen atoms in total. The highest BCUT2D eigenvalue weighted by Crippen LogP contribution is 2.20. The van der Waals surface area contributed by atoms with E-state index in [-0.39, 0.29) is 12.3 Å². The molecule has 196 valence electrons. The molecule has 4 rings (SSSR count). The summed E-state index contributed by atoms with van der Waals surface area (Å²) in [5.74, 6) is -1.24. The van der Waals surface area contributed by atoms with Crippen LogP contribution in [0.2, 0.25) is 0 Å². The first-order valence-corrected chi connectivity index (χ1v) is 12.6. The minimum Gasteiger partial charge on any atom is -0.467 e. The summed E-state index contributed by atoms with van der Waals surface area (Å²) >= 11 is 0. The van der Waals surface area contributed by atoms with Gasteiger partial charge in [-0.15, -0.1) is 0 Å². The van der Waals surface area contributed by atoms with E-state index in [1.54, 1.807) is 7.05 Å². The SMILES string of the molecule is COC(=O)[C@H](Cc1c[nH]c2ccccc12)NC(=O)[C@@H](Cc1ccccc1)N(C)C(=O)c1cc(C)cc(C)c1. The predicted octanol–water partition coefficient (Wildman–Crippen LogP) is 4.37. The van der Waals surface area contributed by atoms with E-state index in [0.717, 1.165) is 33.2 Å². The van der Waals surface area contributed by atoms with Crippen LogP contribution in [0.15, 0.2) is 79.0 Å². The molecule has 38 heavy (non-hydrogen) atoms. The number of H-pyrrole nitrogens is 1. The first kappa shape index (κ1) is 26.7. The first-order chi connectivity index (χ1) is 18.3. The number of methoxy groups -OCH3 is 1. The van der Waals surface area contributed by atoms with Crippen LogP contribution in [0.3, 0.4) is 0 Å². The quantitative estimate of drug-likeness (QED) is 0.327. The van der Waals surface area contributed by atoms with Gasteiger partial charge >= 0.3 is 5.97 Å². The van der Waals surface area contributed by atoms with Crippen molar-refractivity contribution >= 4 is 28.7 Å². The Labute approximate surface area is 222 Å². The number of hydrogen-bond donors (Lipinski definition) is 2. The molecular formula is C31H33N3O4. The number of likely N-dealkylation sites (N-methyl/N-ethyl adjacent to an activating group) is 1. The Morgan fingerprint density at radius 3 is 2.26 bits per heavy atom. The Balaban J connectivity index is 1.62. The number of ether oxygens (including phenoxy) is 1. The molecular weight excluding hydrogens is 478 g/mol. The molecule has 0 fully saturated rings. The zero-order chi connectivity index (χ0) is 27.2. The number of carbonyl (C=O) groups is 3. The normalized spacial score (nSPS) is 12.5. The molecule has 0 aliphatic carbocycles. The summed E-state index contributed by atoms with van der Waals surface area (Å²) < 4.78 is 5.03. The van der Waals surface area contributed by atoms with Gasteiger partial charge in [0.1, 0.15) is 12.1 Å². The van der Waals surface area contributed by atoms with E-state index in [1.165, 1.54) is 12.0 Å². The van der Waals surface area contributed by atoms with Gasteiger partial charge in [-0.05, 0) is 43.2 Å². The van der Waals surface area contributed by atoms with Crippen LogP contribution < -0.4 is 5.32 Å². The number of carbonyl (C=O) groups excluding carboxylic acids is 3. The lowest BCUT2D eigenvalue weighted by molar-refractivity contribution is -0.145. The average Bonchev–Trinajstić information content (AvgIpc) is 3.32. The molecule has 3 aromatic carbocycles. The maximum absolute atomic E-state index is 13.8. The van der Waals surface area contributed by atoms with Crippen molar-refractivity contribution in [1.82, 2.24) is 15.2 Å². The highest BCUT2D eigenvalue weighted by molar-refractivity contribution is 5.98. The van der Waals surface area contributed by atoms with Gasteiger partial charge in [0.05, 0.1) is 7.11 Å². The van der Waals surface area contributed by atoms with Crippen LogP contribution in [0.1, 0.15) is 32.6 Å². The highest BCUT2D eigenvalue weighted by atomic mass is 16.5. The monoisotopic (exact) mass is 511 g/mol. The zero-order valence-electron chi connectivity index (χ0n) is 22.2. The fourth-order valence-electron chi connectivity index (χ4n) is 4.81. The molecule has 2 atom stereocenters. The summed E-state index contributed by atoms with van der Waals surface area (Å²) in [5, 5.41) is 3.85. The van der Waals surface area contributed by atoms with Crippen LogP contribution in [0.5, 0.6) is 0 Å². The van der Waals surface area contributed by atoms with Crippen molar-refractivity contribution < 1.29 is 19.1 Å². The Morgan fingerprint density at radius 1 is 0.921 bits per heavy atom. The number of aromatic nitrogens is 1. The second-order valence-corrected chi connectivity index (χ2v) is 9.65. The van der Waals surface area contributed by atoms with Crippen molar-refractivity contribution in [3.8, 4) is 0 Å². The second-order valence-electron chi connectivity index (χ2n) is 9.65. The highest BCUT2D eigenvalue weighted by Gasteiger charge is 2.32. The van der Waals surface area contributed by atoms with Crippen molar-refractivity contribution in [3.05, 3.63) is 107 Å². The largest absolute Gasteiger partial charge is 0.467 e. The third-order valence-electron chi connectivity index (χ3n) is 6.73.